The molecule has 0 aliphatic rings. The molecule has 0 spiro atoms. The molecule has 1 heterocycles. The van der Waals surface area contributed by atoms with Gasteiger partial charge >= 0.3 is 0 Å². The maximum Gasteiger partial charge on any atom is 0.245 e. The summed E-state index contributed by atoms with van der Waals surface area (Å²) in [4.78, 5) is 2.03. The largest absolute Gasteiger partial charge is 0.496 e. The quantitative estimate of drug-likeness (QED) is 0.836. The Kier molecular flexibility index (Phi) is 4.36. The van der Waals surface area contributed by atoms with Gasteiger partial charge in [0, 0.05) is 20.6 Å². The van der Waals surface area contributed by atoms with Crippen molar-refractivity contribution in [1.82, 2.24) is 20.2 Å². The molecule has 1 aromatic carbocycles. The van der Waals surface area contributed by atoms with Crippen LogP contribution in [0.25, 0.3) is 0 Å². The Bertz CT molecular complexity index is 557. The van der Waals surface area contributed by atoms with Gasteiger partial charge in [-0.15, -0.1) is 0 Å². The molecule has 7 heteroatoms. The van der Waals surface area contributed by atoms with Crippen LogP contribution in [-0.2, 0) is 13.5 Å². The molecular formula is C12H16BrN5O. The van der Waals surface area contributed by atoms with E-state index in [1.54, 1.807) is 11.8 Å². The summed E-state index contributed by atoms with van der Waals surface area (Å²) in [6.45, 7) is 0.840. The summed E-state index contributed by atoms with van der Waals surface area (Å²) in [5.41, 5.74) is 1.23. The molecule has 0 bridgehead atoms. The Morgan fingerprint density at radius 1 is 1.42 bits per heavy atom. The molecular weight excluding hydrogens is 310 g/mol. The van der Waals surface area contributed by atoms with Gasteiger partial charge in [0.2, 0.25) is 5.95 Å². The molecule has 0 aliphatic heterocycles. The van der Waals surface area contributed by atoms with E-state index in [0.29, 0.717) is 0 Å². The first-order valence-electron chi connectivity index (χ1n) is 5.87. The summed E-state index contributed by atoms with van der Waals surface area (Å²) in [7, 11) is 5.47. The van der Waals surface area contributed by atoms with Crippen LogP contribution < -0.4 is 9.64 Å². The number of nitrogens with zero attached hydrogens (tertiary/aromatic N) is 5. The Morgan fingerprint density at radius 3 is 2.79 bits per heavy atom. The lowest BCUT2D eigenvalue weighted by Crippen LogP contribution is -2.23. The monoisotopic (exact) mass is 325 g/mol. The van der Waals surface area contributed by atoms with E-state index in [2.05, 4.69) is 43.6 Å². The van der Waals surface area contributed by atoms with Crippen molar-refractivity contribution in [3.63, 3.8) is 0 Å². The lowest BCUT2D eigenvalue weighted by Gasteiger charge is -2.16. The van der Waals surface area contributed by atoms with Crippen LogP contribution in [-0.4, -0.2) is 40.9 Å². The highest BCUT2D eigenvalue weighted by atomic mass is 79.9. The van der Waals surface area contributed by atoms with E-state index in [1.807, 2.05) is 25.1 Å². The molecule has 19 heavy (non-hydrogen) atoms. The van der Waals surface area contributed by atoms with Crippen LogP contribution in [0.4, 0.5) is 5.95 Å². The second kappa shape index (κ2) is 6.01. The van der Waals surface area contributed by atoms with E-state index >= 15 is 0 Å². The highest BCUT2D eigenvalue weighted by Crippen LogP contribution is 2.25. The molecule has 0 radical (unpaired) electrons. The minimum absolute atomic E-state index is 0.757. The van der Waals surface area contributed by atoms with E-state index < -0.39 is 0 Å². The first kappa shape index (κ1) is 13.8. The third-order valence-electron chi connectivity index (χ3n) is 2.89. The van der Waals surface area contributed by atoms with Gasteiger partial charge in [-0.1, -0.05) is 11.2 Å². The van der Waals surface area contributed by atoms with Crippen molar-refractivity contribution in [2.75, 3.05) is 25.6 Å². The van der Waals surface area contributed by atoms with Gasteiger partial charge in [0.1, 0.15) is 5.75 Å². The number of hydrogen-bond acceptors (Lipinski definition) is 5. The first-order valence-corrected chi connectivity index (χ1v) is 6.67. The number of tetrazole rings is 1. The van der Waals surface area contributed by atoms with Crippen molar-refractivity contribution in [1.29, 1.82) is 0 Å². The number of aromatic nitrogens is 4. The van der Waals surface area contributed by atoms with Crippen LogP contribution in [0, 0.1) is 0 Å². The van der Waals surface area contributed by atoms with Crippen molar-refractivity contribution in [2.24, 2.45) is 7.05 Å². The molecule has 102 valence electrons. The number of rotatable bonds is 5. The lowest BCUT2D eigenvalue weighted by molar-refractivity contribution is 0.412. The highest BCUT2D eigenvalue weighted by molar-refractivity contribution is 9.10. The van der Waals surface area contributed by atoms with Crippen LogP contribution in [0.2, 0.25) is 0 Å². The summed E-state index contributed by atoms with van der Waals surface area (Å²) >= 11 is 3.49. The van der Waals surface area contributed by atoms with E-state index in [0.717, 1.165) is 29.1 Å². The van der Waals surface area contributed by atoms with Crippen molar-refractivity contribution >= 4 is 21.9 Å². The van der Waals surface area contributed by atoms with Crippen LogP contribution >= 0.6 is 15.9 Å². The number of aryl methyl sites for hydroxylation is 1. The number of benzene rings is 1. The number of anilines is 1. The standard InChI is InChI=1S/C12H16BrN5O/c1-17(12-14-15-16-18(12)2)7-6-9-4-5-11(19-3)10(13)8-9/h4-5,8H,6-7H2,1-3H3. The molecule has 2 aromatic rings. The van der Waals surface area contributed by atoms with Crippen LogP contribution in [0.1, 0.15) is 5.56 Å². The zero-order valence-electron chi connectivity index (χ0n) is 11.2. The van der Waals surface area contributed by atoms with E-state index in [9.17, 15) is 0 Å². The van der Waals surface area contributed by atoms with Gasteiger partial charge in [-0.3, -0.25) is 0 Å². The van der Waals surface area contributed by atoms with Crippen molar-refractivity contribution in [3.8, 4) is 5.75 Å². The van der Waals surface area contributed by atoms with Gasteiger partial charge in [0.15, 0.2) is 0 Å². The smallest absolute Gasteiger partial charge is 0.245 e. The van der Waals surface area contributed by atoms with Gasteiger partial charge < -0.3 is 9.64 Å². The predicted octanol–water partition coefficient (Wildman–Crippen LogP) is 1.66. The number of ether oxygens (including phenoxy) is 1. The Labute approximate surface area is 120 Å². The fourth-order valence-corrected chi connectivity index (χ4v) is 2.40. The number of halogens is 1. The van der Waals surface area contributed by atoms with Gasteiger partial charge in [-0.25, -0.2) is 4.68 Å². The summed E-state index contributed by atoms with van der Waals surface area (Å²) in [6.07, 6.45) is 0.909. The van der Waals surface area contributed by atoms with Crippen molar-refractivity contribution in [3.05, 3.63) is 28.2 Å². The van der Waals surface area contributed by atoms with Gasteiger partial charge in [-0.2, -0.15) is 0 Å². The lowest BCUT2D eigenvalue weighted by atomic mass is 10.1. The summed E-state index contributed by atoms with van der Waals surface area (Å²) in [5, 5.41) is 11.4. The number of likely N-dealkylation sites (N-methyl/N-ethyl adjacent to an activating group) is 1. The minimum atomic E-state index is 0.757. The fraction of sp³-hybridized carbons (Fsp3) is 0.417. The molecule has 0 atom stereocenters. The summed E-state index contributed by atoms with van der Waals surface area (Å²) in [6, 6.07) is 6.09. The molecule has 0 unspecified atom stereocenters. The number of hydrogen-bond donors (Lipinski definition) is 0. The third-order valence-corrected chi connectivity index (χ3v) is 3.51. The molecule has 0 saturated carbocycles. The van der Waals surface area contributed by atoms with Gasteiger partial charge in [0.25, 0.3) is 0 Å². The second-order valence-corrected chi connectivity index (χ2v) is 5.10. The van der Waals surface area contributed by atoms with Gasteiger partial charge in [-0.05, 0) is 50.5 Å². The predicted molar refractivity (Wildman–Crippen MR) is 76.5 cm³/mol. The average molecular weight is 326 g/mol. The molecule has 6 nitrogen and oxygen atoms in total. The Hall–Kier alpha value is -1.63. The molecule has 2 rings (SSSR count). The molecule has 0 fully saturated rings. The van der Waals surface area contributed by atoms with E-state index in [4.69, 9.17) is 4.74 Å². The minimum Gasteiger partial charge on any atom is -0.496 e. The zero-order valence-corrected chi connectivity index (χ0v) is 12.8. The number of methoxy groups -OCH3 is 1. The Morgan fingerprint density at radius 2 is 2.21 bits per heavy atom. The molecule has 1 aromatic heterocycles. The van der Waals surface area contributed by atoms with Crippen LogP contribution in [0.3, 0.4) is 0 Å². The van der Waals surface area contributed by atoms with Crippen LogP contribution in [0.5, 0.6) is 5.75 Å². The summed E-state index contributed by atoms with van der Waals surface area (Å²) in [5.74, 6) is 1.60. The van der Waals surface area contributed by atoms with Gasteiger partial charge in [0.05, 0.1) is 11.6 Å². The van der Waals surface area contributed by atoms with Crippen molar-refractivity contribution in [2.45, 2.75) is 6.42 Å². The van der Waals surface area contributed by atoms with Crippen LogP contribution in [0.15, 0.2) is 22.7 Å². The highest BCUT2D eigenvalue weighted by Gasteiger charge is 2.09. The SMILES string of the molecule is COc1ccc(CCN(C)c2nnnn2C)cc1Br. The fourth-order valence-electron chi connectivity index (χ4n) is 1.81. The second-order valence-electron chi connectivity index (χ2n) is 4.24. The van der Waals surface area contributed by atoms with E-state index in [1.165, 1.54) is 5.56 Å². The molecule has 0 saturated heterocycles. The maximum absolute atomic E-state index is 5.21. The third kappa shape index (κ3) is 3.23. The molecule has 0 aliphatic carbocycles. The summed E-state index contributed by atoms with van der Waals surface area (Å²) < 4.78 is 7.84. The normalized spacial score (nSPS) is 10.5. The van der Waals surface area contributed by atoms with Crippen molar-refractivity contribution < 1.29 is 4.74 Å². The zero-order chi connectivity index (χ0) is 13.8. The first-order chi connectivity index (χ1) is 9.11. The Balaban J connectivity index is 1.99. The van der Waals surface area contributed by atoms with E-state index in [-0.39, 0.29) is 0 Å². The average Bonchev–Trinajstić information content (AvgIpc) is 2.82. The molecule has 0 N–H and O–H groups in total. The topological polar surface area (TPSA) is 56.1 Å². The molecule has 0 amide bonds. The maximum atomic E-state index is 5.21.